The molecule has 8 heteroatoms. The van der Waals surface area contributed by atoms with Gasteiger partial charge in [0.15, 0.2) is 11.5 Å². The highest BCUT2D eigenvalue weighted by molar-refractivity contribution is 6.04. The van der Waals surface area contributed by atoms with Gasteiger partial charge in [0.1, 0.15) is 0 Å². The van der Waals surface area contributed by atoms with Crippen LogP contribution in [0.3, 0.4) is 0 Å². The molecule has 1 aliphatic heterocycles. The fraction of sp³-hybridized carbons (Fsp3) is 0.222. The minimum atomic E-state index is -0.698. The molecule has 3 amide bonds. The molecule has 8 nitrogen and oxygen atoms in total. The zero-order valence-corrected chi connectivity index (χ0v) is 20.0. The van der Waals surface area contributed by atoms with Crippen molar-refractivity contribution in [1.29, 1.82) is 0 Å². The van der Waals surface area contributed by atoms with Gasteiger partial charge in [0.25, 0.3) is 5.91 Å². The Morgan fingerprint density at radius 2 is 1.54 bits per heavy atom. The number of rotatable bonds is 6. The predicted molar refractivity (Wildman–Crippen MR) is 133 cm³/mol. The number of nitrogens with zero attached hydrogens (tertiary/aromatic N) is 1. The van der Waals surface area contributed by atoms with Gasteiger partial charge in [-0.25, -0.2) is 0 Å². The summed E-state index contributed by atoms with van der Waals surface area (Å²) < 4.78 is 10.8. The van der Waals surface area contributed by atoms with Crippen molar-refractivity contribution in [2.24, 2.45) is 0 Å². The van der Waals surface area contributed by atoms with Gasteiger partial charge in [-0.1, -0.05) is 30.3 Å². The van der Waals surface area contributed by atoms with E-state index < -0.39 is 12.0 Å². The Hall–Kier alpha value is -4.33. The summed E-state index contributed by atoms with van der Waals surface area (Å²) in [5.41, 5.74) is 2.97. The Morgan fingerprint density at radius 1 is 0.857 bits per heavy atom. The lowest BCUT2D eigenvalue weighted by Gasteiger charge is -2.40. The van der Waals surface area contributed by atoms with Crippen molar-refractivity contribution >= 4 is 29.1 Å². The van der Waals surface area contributed by atoms with Crippen molar-refractivity contribution < 1.29 is 23.9 Å². The van der Waals surface area contributed by atoms with Crippen LogP contribution in [0.25, 0.3) is 0 Å². The number of hydrogen-bond acceptors (Lipinski definition) is 5. The molecule has 1 heterocycles. The lowest BCUT2D eigenvalue weighted by atomic mass is 9.79. The first-order chi connectivity index (χ1) is 16.8. The van der Waals surface area contributed by atoms with Gasteiger partial charge in [0.2, 0.25) is 11.8 Å². The second kappa shape index (κ2) is 9.89. The molecule has 4 rings (SSSR count). The molecular formula is C27H27N3O5. The highest BCUT2D eigenvalue weighted by Crippen LogP contribution is 2.44. The van der Waals surface area contributed by atoms with Crippen LogP contribution in [0.2, 0.25) is 0 Å². The predicted octanol–water partition coefficient (Wildman–Crippen LogP) is 4.21. The molecule has 35 heavy (non-hydrogen) atoms. The third kappa shape index (κ3) is 4.68. The molecule has 1 aliphatic rings. The van der Waals surface area contributed by atoms with E-state index in [1.807, 2.05) is 18.2 Å². The van der Waals surface area contributed by atoms with E-state index in [1.165, 1.54) is 6.92 Å². The number of nitrogens with one attached hydrogen (secondary N) is 2. The summed E-state index contributed by atoms with van der Waals surface area (Å²) in [6, 6.07) is 18.9. The maximum atomic E-state index is 13.8. The van der Waals surface area contributed by atoms with Crippen LogP contribution in [-0.2, 0) is 9.59 Å². The minimum Gasteiger partial charge on any atom is -0.493 e. The fourth-order valence-corrected chi connectivity index (χ4v) is 4.51. The van der Waals surface area contributed by atoms with Gasteiger partial charge in [-0.05, 0) is 47.5 Å². The molecule has 3 aromatic carbocycles. The lowest BCUT2D eigenvalue weighted by Crippen LogP contribution is -2.44. The van der Waals surface area contributed by atoms with Crippen molar-refractivity contribution in [1.82, 2.24) is 4.90 Å². The molecule has 0 spiro atoms. The minimum absolute atomic E-state index is 0.169. The van der Waals surface area contributed by atoms with Crippen molar-refractivity contribution in [2.45, 2.75) is 18.9 Å². The topological polar surface area (TPSA) is 97.0 Å². The Balaban J connectivity index is 1.78. The molecule has 0 unspecified atom stereocenters. The van der Waals surface area contributed by atoms with Crippen LogP contribution in [0.4, 0.5) is 11.4 Å². The molecule has 2 N–H and O–H groups in total. The van der Waals surface area contributed by atoms with E-state index in [1.54, 1.807) is 74.7 Å². The van der Waals surface area contributed by atoms with Crippen molar-refractivity contribution in [3.05, 3.63) is 83.4 Å². The number of amides is 3. The molecule has 0 bridgehead atoms. The molecule has 0 aliphatic carbocycles. The van der Waals surface area contributed by atoms with E-state index in [0.29, 0.717) is 34.0 Å². The maximum absolute atomic E-state index is 13.8. The van der Waals surface area contributed by atoms with Gasteiger partial charge in [0, 0.05) is 30.9 Å². The monoisotopic (exact) mass is 473 g/mol. The van der Waals surface area contributed by atoms with Crippen LogP contribution in [0.1, 0.15) is 40.4 Å². The van der Waals surface area contributed by atoms with E-state index in [9.17, 15) is 14.4 Å². The standard InChI is InChI=1S/C27H27N3O5/c1-16(31)28-18-8-7-9-19(15-18)29-26(32)24-20-10-5-6-11-21(20)27(33)30(2)25(24)17-12-13-22(34-3)23(14-17)35-4/h5-15,24-25H,1-4H3,(H,28,31)(H,29,32)/t24-,25-/m0/s1. The van der Waals surface area contributed by atoms with Crippen LogP contribution in [0.15, 0.2) is 66.7 Å². The Kier molecular flexibility index (Phi) is 6.73. The van der Waals surface area contributed by atoms with E-state index in [-0.39, 0.29) is 17.7 Å². The Bertz CT molecular complexity index is 1290. The molecule has 0 aromatic heterocycles. The highest BCUT2D eigenvalue weighted by Gasteiger charge is 2.42. The fourth-order valence-electron chi connectivity index (χ4n) is 4.51. The average molecular weight is 474 g/mol. The van der Waals surface area contributed by atoms with Crippen LogP contribution in [0, 0.1) is 0 Å². The highest BCUT2D eigenvalue weighted by atomic mass is 16.5. The van der Waals surface area contributed by atoms with E-state index in [0.717, 1.165) is 5.56 Å². The van der Waals surface area contributed by atoms with Gasteiger partial charge in [-0.2, -0.15) is 0 Å². The molecular weight excluding hydrogens is 446 g/mol. The number of methoxy groups -OCH3 is 2. The summed E-state index contributed by atoms with van der Waals surface area (Å²) in [5.74, 6) is -0.294. The molecule has 2 atom stereocenters. The quantitative estimate of drug-likeness (QED) is 0.559. The Labute approximate surface area is 203 Å². The summed E-state index contributed by atoms with van der Waals surface area (Å²) in [4.78, 5) is 40.1. The van der Waals surface area contributed by atoms with Crippen molar-refractivity contribution in [2.75, 3.05) is 31.9 Å². The van der Waals surface area contributed by atoms with Crippen molar-refractivity contribution in [3.63, 3.8) is 0 Å². The van der Waals surface area contributed by atoms with E-state index in [4.69, 9.17) is 9.47 Å². The third-order valence-electron chi connectivity index (χ3n) is 6.06. The van der Waals surface area contributed by atoms with Crippen molar-refractivity contribution in [3.8, 4) is 11.5 Å². The zero-order chi connectivity index (χ0) is 25.1. The molecule has 0 fully saturated rings. The van der Waals surface area contributed by atoms with Crippen LogP contribution in [0.5, 0.6) is 11.5 Å². The molecule has 0 radical (unpaired) electrons. The largest absolute Gasteiger partial charge is 0.493 e. The summed E-state index contributed by atoms with van der Waals surface area (Å²) in [6.45, 7) is 1.42. The summed E-state index contributed by atoms with van der Waals surface area (Å²) in [6.07, 6.45) is 0. The number of likely N-dealkylation sites (N-methyl/N-ethyl adjacent to an activating group) is 1. The molecule has 0 saturated heterocycles. The Morgan fingerprint density at radius 3 is 2.23 bits per heavy atom. The first-order valence-electron chi connectivity index (χ1n) is 11.1. The van der Waals surface area contributed by atoms with Gasteiger partial charge in [0.05, 0.1) is 26.2 Å². The van der Waals surface area contributed by atoms with Crippen LogP contribution < -0.4 is 20.1 Å². The second-order valence-electron chi connectivity index (χ2n) is 8.29. The van der Waals surface area contributed by atoms with Crippen LogP contribution >= 0.6 is 0 Å². The summed E-state index contributed by atoms with van der Waals surface area (Å²) >= 11 is 0. The van der Waals surface area contributed by atoms with Gasteiger partial charge in [-0.15, -0.1) is 0 Å². The summed E-state index contributed by atoms with van der Waals surface area (Å²) in [5, 5.41) is 5.68. The number of carbonyl (C=O) groups is 3. The van der Waals surface area contributed by atoms with E-state index >= 15 is 0 Å². The third-order valence-corrected chi connectivity index (χ3v) is 6.06. The number of anilines is 2. The van der Waals surface area contributed by atoms with E-state index in [2.05, 4.69) is 10.6 Å². The molecule has 3 aromatic rings. The van der Waals surface area contributed by atoms with Crippen LogP contribution in [-0.4, -0.2) is 43.9 Å². The number of hydrogen-bond donors (Lipinski definition) is 2. The second-order valence-corrected chi connectivity index (χ2v) is 8.29. The maximum Gasteiger partial charge on any atom is 0.254 e. The number of benzene rings is 3. The first-order valence-corrected chi connectivity index (χ1v) is 11.1. The average Bonchev–Trinajstić information content (AvgIpc) is 2.85. The lowest BCUT2D eigenvalue weighted by molar-refractivity contribution is -0.119. The van der Waals surface area contributed by atoms with Gasteiger partial charge in [-0.3, -0.25) is 14.4 Å². The summed E-state index contributed by atoms with van der Waals surface area (Å²) in [7, 11) is 4.78. The number of fused-ring (bicyclic) bond motifs is 1. The van der Waals surface area contributed by atoms with Gasteiger partial charge >= 0.3 is 0 Å². The SMILES string of the molecule is COc1ccc([C@H]2[C@@H](C(=O)Nc3cccc(NC(C)=O)c3)c3ccccc3C(=O)N2C)cc1OC. The zero-order valence-electron chi connectivity index (χ0n) is 20.0. The molecule has 0 saturated carbocycles. The molecule has 180 valence electrons. The number of ether oxygens (including phenoxy) is 2. The number of carbonyl (C=O) groups excluding carboxylic acids is 3. The smallest absolute Gasteiger partial charge is 0.254 e. The first kappa shape index (κ1) is 23.8. The van der Waals surface area contributed by atoms with Gasteiger partial charge < -0.3 is 25.0 Å². The normalized spacial score (nSPS) is 16.8.